The van der Waals surface area contributed by atoms with E-state index >= 15 is 0 Å². The third kappa shape index (κ3) is 3.63. The zero-order valence-corrected chi connectivity index (χ0v) is 10.3. The number of aliphatic hydroxyl groups excluding tert-OH is 1. The van der Waals surface area contributed by atoms with Crippen molar-refractivity contribution in [2.24, 2.45) is 0 Å². The van der Waals surface area contributed by atoms with E-state index in [0.717, 1.165) is 5.56 Å². The number of halogens is 1. The van der Waals surface area contributed by atoms with Gasteiger partial charge in [-0.05, 0) is 17.7 Å². The van der Waals surface area contributed by atoms with Gasteiger partial charge in [0.25, 0.3) is 5.88 Å². The lowest BCUT2D eigenvalue weighted by Gasteiger charge is -2.05. The average molecular weight is 259 g/mol. The highest BCUT2D eigenvalue weighted by Crippen LogP contribution is 2.17. The van der Waals surface area contributed by atoms with Crippen LogP contribution in [0.25, 0.3) is 6.08 Å². The van der Waals surface area contributed by atoms with Crippen LogP contribution in [0.4, 0.5) is 4.39 Å². The summed E-state index contributed by atoms with van der Waals surface area (Å²) in [6.07, 6.45) is 5.07. The van der Waals surface area contributed by atoms with Crippen molar-refractivity contribution in [3.8, 4) is 5.88 Å². The summed E-state index contributed by atoms with van der Waals surface area (Å²) in [6, 6.07) is 11.2. The number of aromatic nitrogens is 1. The fourth-order valence-electron chi connectivity index (χ4n) is 1.56. The molecule has 1 N–H and O–H groups in total. The Morgan fingerprint density at radius 3 is 2.74 bits per heavy atom. The van der Waals surface area contributed by atoms with Crippen LogP contribution >= 0.6 is 0 Å². The van der Waals surface area contributed by atoms with E-state index in [1.807, 2.05) is 36.4 Å². The SMILES string of the molecule is OCc1ccnc(OC/C=C/c2ccccc2)c1F. The van der Waals surface area contributed by atoms with Crippen molar-refractivity contribution < 1.29 is 14.2 Å². The first-order valence-corrected chi connectivity index (χ1v) is 5.90. The lowest BCUT2D eigenvalue weighted by Crippen LogP contribution is -2.01. The number of benzene rings is 1. The highest BCUT2D eigenvalue weighted by atomic mass is 19.1. The fraction of sp³-hybridized carbons (Fsp3) is 0.133. The molecular formula is C15H14FNO2. The Labute approximate surface area is 111 Å². The summed E-state index contributed by atoms with van der Waals surface area (Å²) >= 11 is 0. The molecule has 2 rings (SSSR count). The third-order valence-electron chi connectivity index (χ3n) is 2.53. The van der Waals surface area contributed by atoms with E-state index in [-0.39, 0.29) is 24.7 Å². The Morgan fingerprint density at radius 1 is 1.21 bits per heavy atom. The van der Waals surface area contributed by atoms with Crippen molar-refractivity contribution in [2.75, 3.05) is 6.61 Å². The van der Waals surface area contributed by atoms with Crippen LogP contribution < -0.4 is 4.74 Å². The molecule has 0 atom stereocenters. The molecule has 0 saturated heterocycles. The topological polar surface area (TPSA) is 42.4 Å². The zero-order valence-electron chi connectivity index (χ0n) is 10.3. The largest absolute Gasteiger partial charge is 0.471 e. The molecule has 1 aromatic carbocycles. The molecule has 0 amide bonds. The summed E-state index contributed by atoms with van der Waals surface area (Å²) in [5.74, 6) is -0.706. The average Bonchev–Trinajstić information content (AvgIpc) is 2.46. The van der Waals surface area contributed by atoms with Crippen LogP contribution in [0.2, 0.25) is 0 Å². The van der Waals surface area contributed by atoms with Crippen LogP contribution in [0.5, 0.6) is 5.88 Å². The van der Waals surface area contributed by atoms with Crippen molar-refractivity contribution in [1.82, 2.24) is 4.98 Å². The molecule has 19 heavy (non-hydrogen) atoms. The molecule has 0 aliphatic heterocycles. The second-order valence-electron chi connectivity index (χ2n) is 3.87. The normalized spacial score (nSPS) is 10.8. The highest BCUT2D eigenvalue weighted by Gasteiger charge is 2.08. The van der Waals surface area contributed by atoms with Gasteiger partial charge in [0.05, 0.1) is 6.61 Å². The molecule has 0 spiro atoms. The molecule has 3 nitrogen and oxygen atoms in total. The molecule has 0 radical (unpaired) electrons. The Bertz CT molecular complexity index is 555. The molecule has 0 aliphatic carbocycles. The van der Waals surface area contributed by atoms with Gasteiger partial charge in [-0.25, -0.2) is 9.37 Å². The van der Waals surface area contributed by atoms with E-state index in [1.54, 1.807) is 6.08 Å². The number of hydrogen-bond donors (Lipinski definition) is 1. The quantitative estimate of drug-likeness (QED) is 0.897. The lowest BCUT2D eigenvalue weighted by molar-refractivity contribution is 0.268. The number of rotatable bonds is 5. The third-order valence-corrected chi connectivity index (χ3v) is 2.53. The number of nitrogens with zero attached hydrogens (tertiary/aromatic N) is 1. The van der Waals surface area contributed by atoms with Crippen LogP contribution in [-0.2, 0) is 6.61 Å². The minimum absolute atomic E-state index is 0.0933. The molecular weight excluding hydrogens is 245 g/mol. The first-order chi connectivity index (χ1) is 9.31. The van der Waals surface area contributed by atoms with Crippen LogP contribution in [0.3, 0.4) is 0 Å². The predicted octanol–water partition coefficient (Wildman–Crippen LogP) is 2.81. The van der Waals surface area contributed by atoms with E-state index in [2.05, 4.69) is 4.98 Å². The van der Waals surface area contributed by atoms with Crippen molar-refractivity contribution in [1.29, 1.82) is 0 Å². The molecule has 0 bridgehead atoms. The van der Waals surface area contributed by atoms with E-state index in [1.165, 1.54) is 12.3 Å². The summed E-state index contributed by atoms with van der Waals surface area (Å²) in [5.41, 5.74) is 1.22. The van der Waals surface area contributed by atoms with Gasteiger partial charge in [0.15, 0.2) is 5.82 Å². The van der Waals surface area contributed by atoms with Gasteiger partial charge in [-0.2, -0.15) is 0 Å². The molecule has 1 aromatic heterocycles. The summed E-state index contributed by atoms with van der Waals surface area (Å²) in [5, 5.41) is 8.93. The first kappa shape index (κ1) is 13.2. The summed E-state index contributed by atoms with van der Waals surface area (Å²) in [6.45, 7) is -0.154. The summed E-state index contributed by atoms with van der Waals surface area (Å²) < 4.78 is 18.9. The number of hydrogen-bond acceptors (Lipinski definition) is 3. The van der Waals surface area contributed by atoms with Crippen molar-refractivity contribution in [3.05, 3.63) is 65.6 Å². The Kier molecular flexibility index (Phi) is 4.64. The summed E-state index contributed by atoms with van der Waals surface area (Å²) in [4.78, 5) is 3.79. The van der Waals surface area contributed by atoms with E-state index in [0.29, 0.717) is 0 Å². The number of pyridine rings is 1. The van der Waals surface area contributed by atoms with Crippen molar-refractivity contribution in [2.45, 2.75) is 6.61 Å². The minimum atomic E-state index is -0.613. The lowest BCUT2D eigenvalue weighted by atomic mass is 10.2. The molecule has 4 heteroatoms. The monoisotopic (exact) mass is 259 g/mol. The maximum atomic E-state index is 13.7. The molecule has 0 saturated carbocycles. The van der Waals surface area contributed by atoms with Gasteiger partial charge in [0.1, 0.15) is 6.61 Å². The maximum Gasteiger partial charge on any atom is 0.251 e. The molecule has 98 valence electrons. The smallest absolute Gasteiger partial charge is 0.251 e. The Balaban J connectivity index is 1.95. The van der Waals surface area contributed by atoms with Gasteiger partial charge in [-0.1, -0.05) is 36.4 Å². The van der Waals surface area contributed by atoms with E-state index in [9.17, 15) is 4.39 Å². The van der Waals surface area contributed by atoms with Crippen LogP contribution in [0.1, 0.15) is 11.1 Å². The molecule has 0 aliphatic rings. The van der Waals surface area contributed by atoms with Crippen LogP contribution in [-0.4, -0.2) is 16.7 Å². The Hall–Kier alpha value is -2.20. The van der Waals surface area contributed by atoms with Crippen molar-refractivity contribution in [3.63, 3.8) is 0 Å². The molecule has 0 unspecified atom stereocenters. The van der Waals surface area contributed by atoms with Gasteiger partial charge in [-0.15, -0.1) is 0 Å². The predicted molar refractivity (Wildman–Crippen MR) is 71.1 cm³/mol. The van der Waals surface area contributed by atoms with E-state index < -0.39 is 5.82 Å². The zero-order chi connectivity index (χ0) is 13.5. The number of ether oxygens (including phenoxy) is 1. The number of aliphatic hydroxyl groups is 1. The highest BCUT2D eigenvalue weighted by molar-refractivity contribution is 5.48. The van der Waals surface area contributed by atoms with Gasteiger partial charge >= 0.3 is 0 Å². The molecule has 2 aromatic rings. The van der Waals surface area contributed by atoms with E-state index in [4.69, 9.17) is 9.84 Å². The van der Waals surface area contributed by atoms with Gasteiger partial charge in [0, 0.05) is 11.8 Å². The second kappa shape index (κ2) is 6.66. The minimum Gasteiger partial charge on any atom is -0.471 e. The first-order valence-electron chi connectivity index (χ1n) is 5.90. The summed E-state index contributed by atoms with van der Waals surface area (Å²) in [7, 11) is 0. The van der Waals surface area contributed by atoms with Crippen LogP contribution in [0, 0.1) is 5.82 Å². The van der Waals surface area contributed by atoms with Gasteiger partial charge in [-0.3, -0.25) is 0 Å². The second-order valence-corrected chi connectivity index (χ2v) is 3.87. The molecule has 1 heterocycles. The fourth-order valence-corrected chi connectivity index (χ4v) is 1.56. The molecule has 0 fully saturated rings. The van der Waals surface area contributed by atoms with Gasteiger partial charge in [0.2, 0.25) is 0 Å². The standard InChI is InChI=1S/C15H14FNO2/c16-14-13(11-18)8-9-17-15(14)19-10-4-7-12-5-2-1-3-6-12/h1-9,18H,10-11H2/b7-4+. The Morgan fingerprint density at radius 2 is 2.00 bits per heavy atom. The maximum absolute atomic E-state index is 13.7. The van der Waals surface area contributed by atoms with Crippen LogP contribution in [0.15, 0.2) is 48.7 Å². The van der Waals surface area contributed by atoms with Gasteiger partial charge < -0.3 is 9.84 Å². The van der Waals surface area contributed by atoms with Crippen molar-refractivity contribution >= 4 is 6.08 Å².